The highest BCUT2D eigenvalue weighted by atomic mass is 16.5. The fourth-order valence-corrected chi connectivity index (χ4v) is 3.64. The van der Waals surface area contributed by atoms with Crippen LogP contribution >= 0.6 is 0 Å². The number of amides is 2. The molecule has 0 bridgehead atoms. The molecule has 1 aromatic heterocycles. The van der Waals surface area contributed by atoms with Crippen LogP contribution in [0, 0.1) is 6.92 Å². The van der Waals surface area contributed by atoms with Gasteiger partial charge in [0.1, 0.15) is 5.75 Å². The molecular formula is C22H23N4O5+. The number of carbonyl (C=O) groups is 2. The summed E-state index contributed by atoms with van der Waals surface area (Å²) in [4.78, 5) is 40.8. The lowest BCUT2D eigenvalue weighted by Crippen LogP contribution is -2.45. The molecule has 9 heteroatoms. The highest BCUT2D eigenvalue weighted by molar-refractivity contribution is 6.22. The minimum atomic E-state index is -0.674. The molecule has 31 heavy (non-hydrogen) atoms. The van der Waals surface area contributed by atoms with Crippen LogP contribution in [0.15, 0.2) is 57.8 Å². The second-order valence-corrected chi connectivity index (χ2v) is 7.50. The van der Waals surface area contributed by atoms with Crippen molar-refractivity contribution in [1.29, 1.82) is 0 Å². The highest BCUT2D eigenvalue weighted by Gasteiger charge is 2.42. The Balaban J connectivity index is 1.56. The average Bonchev–Trinajstić information content (AvgIpc) is 3.28. The summed E-state index contributed by atoms with van der Waals surface area (Å²) in [7, 11) is 3.28. The Morgan fingerprint density at radius 1 is 1.13 bits per heavy atom. The first-order valence-electron chi connectivity index (χ1n) is 9.79. The molecule has 1 atom stereocenters. The number of nitrogens with zero attached hydrogens (tertiary/aromatic N) is 3. The van der Waals surface area contributed by atoms with Gasteiger partial charge < -0.3 is 4.74 Å². The molecule has 1 aliphatic rings. The van der Waals surface area contributed by atoms with Crippen LogP contribution in [0.5, 0.6) is 5.75 Å². The van der Waals surface area contributed by atoms with Gasteiger partial charge in [-0.25, -0.2) is 9.69 Å². The Hall–Kier alpha value is -3.72. The molecule has 1 unspecified atom stereocenters. The van der Waals surface area contributed by atoms with Crippen LogP contribution in [-0.2, 0) is 16.1 Å². The van der Waals surface area contributed by atoms with Gasteiger partial charge in [-0.05, 0) is 48.2 Å². The molecule has 160 valence electrons. The van der Waals surface area contributed by atoms with E-state index in [4.69, 9.17) is 9.26 Å². The van der Waals surface area contributed by atoms with E-state index in [9.17, 15) is 14.4 Å². The average molecular weight is 423 g/mol. The quantitative estimate of drug-likeness (QED) is 0.474. The number of aromatic nitrogens is 2. The molecule has 2 aromatic carbocycles. The lowest BCUT2D eigenvalue weighted by molar-refractivity contribution is -0.678. The van der Waals surface area contributed by atoms with Crippen molar-refractivity contribution in [3.05, 3.63) is 70.2 Å². The number of benzene rings is 2. The Kier molecular flexibility index (Phi) is 5.43. The standard InChI is InChI=1S/C22H22N4O5/c1-14-4-6-15(7-5-14)25-20(27)12-18(21(25)28)24(2)13-19-22(29)31-23-26(19)16-8-10-17(30-3)11-9-16/h4-11,18H,12-13H2,1-3H3/p+1. The zero-order valence-corrected chi connectivity index (χ0v) is 17.5. The Morgan fingerprint density at radius 3 is 2.45 bits per heavy atom. The number of H-pyrrole nitrogens is 1. The van der Waals surface area contributed by atoms with Crippen molar-refractivity contribution in [1.82, 2.24) is 10.2 Å². The molecular weight excluding hydrogens is 400 g/mol. The van der Waals surface area contributed by atoms with E-state index in [1.54, 1.807) is 55.5 Å². The number of aromatic amines is 1. The Bertz CT molecular complexity index is 1160. The van der Waals surface area contributed by atoms with E-state index in [1.165, 1.54) is 9.58 Å². The summed E-state index contributed by atoms with van der Waals surface area (Å²) in [6.45, 7) is 2.05. The van der Waals surface area contributed by atoms with Gasteiger partial charge in [0, 0.05) is 12.1 Å². The second-order valence-electron chi connectivity index (χ2n) is 7.50. The monoisotopic (exact) mass is 423 g/mol. The minimum absolute atomic E-state index is 0.0432. The van der Waals surface area contributed by atoms with Crippen molar-refractivity contribution in [2.24, 2.45) is 0 Å². The molecule has 0 radical (unpaired) electrons. The maximum Gasteiger partial charge on any atom is 0.431 e. The molecule has 1 N–H and O–H groups in total. The Morgan fingerprint density at radius 2 is 1.81 bits per heavy atom. The number of nitrogens with one attached hydrogen (secondary N) is 1. The number of carbonyl (C=O) groups excluding carboxylic acids is 2. The van der Waals surface area contributed by atoms with Crippen molar-refractivity contribution in [3.63, 3.8) is 0 Å². The highest BCUT2D eigenvalue weighted by Crippen LogP contribution is 2.26. The summed E-state index contributed by atoms with van der Waals surface area (Å²) in [6.07, 6.45) is 0.0432. The molecule has 4 rings (SSSR count). The van der Waals surface area contributed by atoms with Gasteiger partial charge in [-0.15, -0.1) is 0 Å². The number of hydrogen-bond donors (Lipinski definition) is 1. The van der Waals surface area contributed by atoms with E-state index >= 15 is 0 Å². The molecule has 0 saturated carbocycles. The first kappa shape index (κ1) is 20.5. The maximum atomic E-state index is 13.0. The van der Waals surface area contributed by atoms with Crippen LogP contribution in [0.25, 0.3) is 5.69 Å². The lowest BCUT2D eigenvalue weighted by atomic mass is 10.2. The van der Waals surface area contributed by atoms with Gasteiger partial charge in [0.2, 0.25) is 11.6 Å². The van der Waals surface area contributed by atoms with E-state index in [0.717, 1.165) is 5.56 Å². The predicted octanol–water partition coefficient (Wildman–Crippen LogP) is 1.33. The lowest BCUT2D eigenvalue weighted by Gasteiger charge is -2.21. The molecule has 2 heterocycles. The van der Waals surface area contributed by atoms with Crippen molar-refractivity contribution >= 4 is 17.5 Å². The van der Waals surface area contributed by atoms with Gasteiger partial charge in [-0.2, -0.15) is 0 Å². The van der Waals surface area contributed by atoms with Gasteiger partial charge in [0.15, 0.2) is 0 Å². The number of ether oxygens (including phenoxy) is 1. The number of imide groups is 1. The van der Waals surface area contributed by atoms with Crippen molar-refractivity contribution in [2.75, 3.05) is 19.1 Å². The van der Waals surface area contributed by atoms with E-state index < -0.39 is 11.7 Å². The van der Waals surface area contributed by atoms with Gasteiger partial charge in [-0.1, -0.05) is 17.7 Å². The van der Waals surface area contributed by atoms with Crippen LogP contribution in [0.1, 0.15) is 17.7 Å². The third kappa shape index (κ3) is 3.87. The molecule has 9 nitrogen and oxygen atoms in total. The zero-order chi connectivity index (χ0) is 22.1. The van der Waals surface area contributed by atoms with Crippen LogP contribution in [0.4, 0.5) is 5.69 Å². The predicted molar refractivity (Wildman–Crippen MR) is 111 cm³/mol. The molecule has 3 aromatic rings. The van der Waals surface area contributed by atoms with Crippen LogP contribution in [0.3, 0.4) is 0 Å². The normalized spacial score (nSPS) is 16.4. The number of likely N-dealkylation sites (N-methyl/N-ethyl adjacent to an activating group) is 1. The summed E-state index contributed by atoms with van der Waals surface area (Å²) in [6, 6.07) is 13.6. The first-order chi connectivity index (χ1) is 14.9. The van der Waals surface area contributed by atoms with Crippen molar-refractivity contribution in [3.8, 4) is 11.4 Å². The van der Waals surface area contributed by atoms with Crippen LogP contribution in [0.2, 0.25) is 0 Å². The number of anilines is 1. The summed E-state index contributed by atoms with van der Waals surface area (Å²) in [5, 5.41) is 2.58. The van der Waals surface area contributed by atoms with E-state index in [2.05, 4.69) is 5.27 Å². The zero-order valence-electron chi connectivity index (χ0n) is 17.5. The van der Waals surface area contributed by atoms with E-state index in [0.29, 0.717) is 22.8 Å². The van der Waals surface area contributed by atoms with E-state index in [-0.39, 0.29) is 24.8 Å². The second kappa shape index (κ2) is 8.19. The van der Waals surface area contributed by atoms with Crippen molar-refractivity contribution in [2.45, 2.75) is 25.9 Å². The molecule has 1 fully saturated rings. The molecule has 1 aliphatic heterocycles. The number of hydrogen-bond acceptors (Lipinski definition) is 6. The molecule has 1 saturated heterocycles. The third-order valence-corrected chi connectivity index (χ3v) is 5.41. The van der Waals surface area contributed by atoms with Crippen LogP contribution in [-0.4, -0.2) is 42.2 Å². The summed E-state index contributed by atoms with van der Waals surface area (Å²) in [5.74, 6) is 0.0993. The smallest absolute Gasteiger partial charge is 0.431 e. The SMILES string of the molecule is COc1ccc(-[n+]2[nH]oc(=O)c2CN(C)C2CC(=O)N(c3ccc(C)cc3)C2=O)cc1. The van der Waals surface area contributed by atoms with Gasteiger partial charge in [0.05, 0.1) is 31.8 Å². The fourth-order valence-electron chi connectivity index (χ4n) is 3.64. The maximum absolute atomic E-state index is 13.0. The molecule has 0 spiro atoms. The number of rotatable bonds is 6. The summed E-state index contributed by atoms with van der Waals surface area (Å²) < 4.78 is 11.7. The first-order valence-corrected chi connectivity index (χ1v) is 9.79. The van der Waals surface area contributed by atoms with E-state index in [1.807, 2.05) is 19.1 Å². The fraction of sp³-hybridized carbons (Fsp3) is 0.273. The topological polar surface area (TPSA) is 99.7 Å². The number of methoxy groups -OCH3 is 1. The Labute approximate surface area is 178 Å². The molecule has 0 aliphatic carbocycles. The van der Waals surface area contributed by atoms with Gasteiger partial charge >= 0.3 is 11.3 Å². The minimum Gasteiger partial charge on any atom is -0.497 e. The van der Waals surface area contributed by atoms with Gasteiger partial charge in [0.25, 0.3) is 5.91 Å². The summed E-state index contributed by atoms with van der Waals surface area (Å²) in [5.41, 5.74) is 2.02. The van der Waals surface area contributed by atoms with Crippen LogP contribution < -0.4 is 19.9 Å². The molecule has 2 amide bonds. The summed E-state index contributed by atoms with van der Waals surface area (Å²) >= 11 is 0. The third-order valence-electron chi connectivity index (χ3n) is 5.41. The number of aryl methyl sites for hydroxylation is 1. The van der Waals surface area contributed by atoms with Crippen molar-refractivity contribution < 1.29 is 23.5 Å². The largest absolute Gasteiger partial charge is 0.497 e. The van der Waals surface area contributed by atoms with Gasteiger partial charge in [-0.3, -0.25) is 19.0 Å².